The summed E-state index contributed by atoms with van der Waals surface area (Å²) in [6.45, 7) is 2.18. The van der Waals surface area contributed by atoms with Crippen LogP contribution in [0.25, 0.3) is 0 Å². The Hall–Kier alpha value is -0.670. The maximum Gasteiger partial charge on any atom is 0.268 e. The molecule has 17 heavy (non-hydrogen) atoms. The first-order chi connectivity index (χ1) is 8.08. The van der Waals surface area contributed by atoms with E-state index in [-0.39, 0.29) is 11.9 Å². The van der Waals surface area contributed by atoms with Crippen molar-refractivity contribution in [2.45, 2.75) is 38.6 Å². The van der Waals surface area contributed by atoms with Gasteiger partial charge in [-0.3, -0.25) is 4.79 Å². The summed E-state index contributed by atoms with van der Waals surface area (Å²) >= 11 is 11.6. The van der Waals surface area contributed by atoms with Crippen molar-refractivity contribution in [1.82, 2.24) is 10.3 Å². The molecule has 1 heterocycles. The smallest absolute Gasteiger partial charge is 0.268 e. The molecule has 2 N–H and O–H groups in total. The number of aromatic amines is 1. The zero-order valence-corrected chi connectivity index (χ0v) is 11.2. The van der Waals surface area contributed by atoms with Crippen LogP contribution in [-0.2, 0) is 0 Å². The maximum absolute atomic E-state index is 12.0. The lowest BCUT2D eigenvalue weighted by Crippen LogP contribution is -2.41. The summed E-state index contributed by atoms with van der Waals surface area (Å²) in [6, 6.07) is 1.82. The van der Waals surface area contributed by atoms with E-state index in [0.29, 0.717) is 21.8 Å². The van der Waals surface area contributed by atoms with Crippen LogP contribution < -0.4 is 5.32 Å². The number of hydrogen-bond acceptors (Lipinski definition) is 1. The standard InChI is InChI=1S/C12H16Cl2N2O/c1-7-4-2-3-5-9(7)16-12(17)10-6-8(13)11(14)15-10/h6-7,9,15H,2-5H2,1H3,(H,16,17)/t7-,9+/m0/s1. The summed E-state index contributed by atoms with van der Waals surface area (Å²) in [6.07, 6.45) is 4.67. The summed E-state index contributed by atoms with van der Waals surface area (Å²) in [5, 5.41) is 3.73. The third-order valence-electron chi connectivity index (χ3n) is 3.40. The predicted molar refractivity (Wildman–Crippen MR) is 69.7 cm³/mol. The molecule has 1 aliphatic rings. The Labute approximate surface area is 111 Å². The van der Waals surface area contributed by atoms with Crippen molar-refractivity contribution < 1.29 is 4.79 Å². The van der Waals surface area contributed by atoms with E-state index in [1.54, 1.807) is 6.07 Å². The van der Waals surface area contributed by atoms with Crippen LogP contribution >= 0.6 is 23.2 Å². The van der Waals surface area contributed by atoms with Gasteiger partial charge in [0.1, 0.15) is 10.8 Å². The number of H-pyrrole nitrogens is 1. The van der Waals surface area contributed by atoms with Gasteiger partial charge in [-0.1, -0.05) is 43.0 Å². The van der Waals surface area contributed by atoms with Gasteiger partial charge < -0.3 is 10.3 Å². The summed E-state index contributed by atoms with van der Waals surface area (Å²) < 4.78 is 0. The highest BCUT2D eigenvalue weighted by Gasteiger charge is 2.24. The molecule has 3 nitrogen and oxygen atoms in total. The Morgan fingerprint density at radius 2 is 2.12 bits per heavy atom. The van der Waals surface area contributed by atoms with Crippen molar-refractivity contribution in [1.29, 1.82) is 0 Å². The molecule has 0 bridgehead atoms. The monoisotopic (exact) mass is 274 g/mol. The van der Waals surface area contributed by atoms with E-state index in [4.69, 9.17) is 23.2 Å². The number of rotatable bonds is 2. The molecule has 0 aliphatic heterocycles. The third kappa shape index (κ3) is 2.96. The number of carbonyl (C=O) groups is 1. The Morgan fingerprint density at radius 3 is 2.71 bits per heavy atom. The molecule has 1 aromatic rings. The Morgan fingerprint density at radius 1 is 1.41 bits per heavy atom. The van der Waals surface area contributed by atoms with Gasteiger partial charge in [-0.25, -0.2) is 0 Å². The molecule has 0 aromatic carbocycles. The van der Waals surface area contributed by atoms with Crippen LogP contribution in [0, 0.1) is 5.92 Å². The van der Waals surface area contributed by atoms with Crippen molar-refractivity contribution in [3.8, 4) is 0 Å². The van der Waals surface area contributed by atoms with Crippen molar-refractivity contribution in [3.63, 3.8) is 0 Å². The molecule has 94 valence electrons. The van der Waals surface area contributed by atoms with E-state index in [2.05, 4.69) is 17.2 Å². The van der Waals surface area contributed by atoms with Gasteiger partial charge in [-0.2, -0.15) is 0 Å². The number of amides is 1. The summed E-state index contributed by atoms with van der Waals surface area (Å²) in [7, 11) is 0. The van der Waals surface area contributed by atoms with E-state index in [9.17, 15) is 4.79 Å². The zero-order valence-electron chi connectivity index (χ0n) is 9.72. The molecule has 0 saturated heterocycles. The SMILES string of the molecule is C[C@H]1CCCC[C@H]1NC(=O)c1cc(Cl)c(Cl)[nH]1. The van der Waals surface area contributed by atoms with Crippen LogP contribution in [0.2, 0.25) is 10.2 Å². The zero-order chi connectivity index (χ0) is 12.4. The van der Waals surface area contributed by atoms with Crippen LogP contribution in [0.5, 0.6) is 0 Å². The number of halogens is 2. The summed E-state index contributed by atoms with van der Waals surface area (Å²) in [5.74, 6) is 0.408. The Balaban J connectivity index is 2.01. The van der Waals surface area contributed by atoms with E-state index >= 15 is 0 Å². The second kappa shape index (κ2) is 5.32. The first kappa shape index (κ1) is 12.8. The van der Waals surface area contributed by atoms with Gasteiger partial charge in [0, 0.05) is 6.04 Å². The average Bonchev–Trinajstić information content (AvgIpc) is 2.63. The van der Waals surface area contributed by atoms with Crippen LogP contribution in [0.3, 0.4) is 0 Å². The minimum Gasteiger partial charge on any atom is -0.348 e. The second-order valence-electron chi connectivity index (χ2n) is 4.69. The van der Waals surface area contributed by atoms with E-state index in [1.165, 1.54) is 19.3 Å². The average molecular weight is 275 g/mol. The lowest BCUT2D eigenvalue weighted by molar-refractivity contribution is 0.0906. The van der Waals surface area contributed by atoms with E-state index in [0.717, 1.165) is 6.42 Å². The first-order valence-corrected chi connectivity index (χ1v) is 6.68. The highest BCUT2D eigenvalue weighted by molar-refractivity contribution is 6.41. The van der Waals surface area contributed by atoms with Crippen molar-refractivity contribution in [2.75, 3.05) is 0 Å². The molecule has 1 aliphatic carbocycles. The summed E-state index contributed by atoms with van der Waals surface area (Å²) in [4.78, 5) is 14.7. The molecular formula is C12H16Cl2N2O. The van der Waals surface area contributed by atoms with Crippen molar-refractivity contribution >= 4 is 29.1 Å². The molecule has 1 aromatic heterocycles. The van der Waals surface area contributed by atoms with Gasteiger partial charge in [0.05, 0.1) is 5.02 Å². The Kier molecular flexibility index (Phi) is 4.00. The molecule has 2 atom stereocenters. The molecule has 1 amide bonds. The third-order valence-corrected chi connectivity index (χ3v) is 4.09. The number of aromatic nitrogens is 1. The van der Waals surface area contributed by atoms with Gasteiger partial charge in [-0.15, -0.1) is 0 Å². The van der Waals surface area contributed by atoms with Gasteiger partial charge in [0.2, 0.25) is 0 Å². The van der Waals surface area contributed by atoms with Gasteiger partial charge in [-0.05, 0) is 24.8 Å². The largest absolute Gasteiger partial charge is 0.348 e. The quantitative estimate of drug-likeness (QED) is 0.850. The van der Waals surface area contributed by atoms with Gasteiger partial charge in [0.25, 0.3) is 5.91 Å². The normalized spacial score (nSPS) is 24.6. The van der Waals surface area contributed by atoms with E-state index in [1.807, 2.05) is 0 Å². The fourth-order valence-electron chi connectivity index (χ4n) is 2.30. The fraction of sp³-hybridized carbons (Fsp3) is 0.583. The molecule has 0 unspecified atom stereocenters. The van der Waals surface area contributed by atoms with Gasteiger partial charge in [0.15, 0.2) is 0 Å². The molecular weight excluding hydrogens is 259 g/mol. The van der Waals surface area contributed by atoms with Crippen LogP contribution in [0.4, 0.5) is 0 Å². The van der Waals surface area contributed by atoms with Gasteiger partial charge >= 0.3 is 0 Å². The first-order valence-electron chi connectivity index (χ1n) is 5.93. The fourth-order valence-corrected chi connectivity index (χ4v) is 2.62. The van der Waals surface area contributed by atoms with Crippen LogP contribution in [0.15, 0.2) is 6.07 Å². The molecule has 0 radical (unpaired) electrons. The molecule has 0 spiro atoms. The topological polar surface area (TPSA) is 44.9 Å². The highest BCUT2D eigenvalue weighted by Crippen LogP contribution is 2.25. The maximum atomic E-state index is 12.0. The van der Waals surface area contributed by atoms with E-state index < -0.39 is 0 Å². The number of nitrogens with one attached hydrogen (secondary N) is 2. The summed E-state index contributed by atoms with van der Waals surface area (Å²) in [5.41, 5.74) is 0.428. The molecule has 1 fully saturated rings. The lowest BCUT2D eigenvalue weighted by atomic mass is 9.86. The minimum atomic E-state index is -0.127. The van der Waals surface area contributed by atoms with Crippen molar-refractivity contribution in [3.05, 3.63) is 21.9 Å². The second-order valence-corrected chi connectivity index (χ2v) is 5.47. The Bertz CT molecular complexity index is 397. The minimum absolute atomic E-state index is 0.127. The molecule has 2 rings (SSSR count). The lowest BCUT2D eigenvalue weighted by Gasteiger charge is -2.29. The molecule has 1 saturated carbocycles. The van der Waals surface area contributed by atoms with Crippen LogP contribution in [0.1, 0.15) is 43.1 Å². The predicted octanol–water partition coefficient (Wildman–Crippen LogP) is 3.63. The highest BCUT2D eigenvalue weighted by atomic mass is 35.5. The molecule has 5 heteroatoms. The number of hydrogen-bond donors (Lipinski definition) is 2. The van der Waals surface area contributed by atoms with Crippen LogP contribution in [-0.4, -0.2) is 16.9 Å². The van der Waals surface area contributed by atoms with Crippen molar-refractivity contribution in [2.24, 2.45) is 5.92 Å². The number of carbonyl (C=O) groups excluding carboxylic acids is 1.